The van der Waals surface area contributed by atoms with Crippen molar-refractivity contribution in [2.24, 2.45) is 5.73 Å². The van der Waals surface area contributed by atoms with Crippen LogP contribution in [-0.2, 0) is 0 Å². The third-order valence-electron chi connectivity index (χ3n) is 2.22. The van der Waals surface area contributed by atoms with Gasteiger partial charge in [-0.05, 0) is 13.0 Å². The van der Waals surface area contributed by atoms with E-state index in [0.717, 1.165) is 0 Å². The third-order valence-corrected chi connectivity index (χ3v) is 2.22. The molecular formula is C10H14N2O4. The summed E-state index contributed by atoms with van der Waals surface area (Å²) in [6, 6.07) is 2.40. The molecule has 88 valence electrons. The highest BCUT2D eigenvalue weighted by Gasteiger charge is 2.21. The van der Waals surface area contributed by atoms with Crippen molar-refractivity contribution >= 4 is 5.69 Å². The van der Waals surface area contributed by atoms with Gasteiger partial charge in [-0.1, -0.05) is 0 Å². The third kappa shape index (κ3) is 2.22. The molecule has 16 heavy (non-hydrogen) atoms. The second-order valence-electron chi connectivity index (χ2n) is 3.31. The highest BCUT2D eigenvalue weighted by Crippen LogP contribution is 2.36. The van der Waals surface area contributed by atoms with Gasteiger partial charge in [0.15, 0.2) is 11.5 Å². The fourth-order valence-electron chi connectivity index (χ4n) is 1.41. The Morgan fingerprint density at radius 1 is 1.31 bits per heavy atom. The predicted molar refractivity (Wildman–Crippen MR) is 58.8 cm³/mol. The minimum Gasteiger partial charge on any atom is -0.493 e. The molecular weight excluding hydrogens is 212 g/mol. The first-order valence-electron chi connectivity index (χ1n) is 4.67. The summed E-state index contributed by atoms with van der Waals surface area (Å²) in [5, 5.41) is 10.8. The predicted octanol–water partition coefficient (Wildman–Crippen LogP) is 1.63. The summed E-state index contributed by atoms with van der Waals surface area (Å²) in [4.78, 5) is 10.4. The van der Waals surface area contributed by atoms with Crippen LogP contribution in [0.3, 0.4) is 0 Å². The molecule has 1 aromatic carbocycles. The first kappa shape index (κ1) is 12.3. The van der Waals surface area contributed by atoms with Crippen molar-refractivity contribution in [3.05, 3.63) is 27.8 Å². The van der Waals surface area contributed by atoms with Crippen LogP contribution in [-0.4, -0.2) is 19.1 Å². The van der Waals surface area contributed by atoms with E-state index in [1.54, 1.807) is 6.92 Å². The van der Waals surface area contributed by atoms with Crippen molar-refractivity contribution in [2.45, 2.75) is 13.0 Å². The van der Waals surface area contributed by atoms with Gasteiger partial charge in [0.2, 0.25) is 0 Å². The molecule has 0 aromatic heterocycles. The maximum atomic E-state index is 10.8. The monoisotopic (exact) mass is 226 g/mol. The average molecular weight is 226 g/mol. The van der Waals surface area contributed by atoms with Crippen LogP contribution in [0.1, 0.15) is 18.5 Å². The van der Waals surface area contributed by atoms with E-state index >= 15 is 0 Å². The topological polar surface area (TPSA) is 87.6 Å². The van der Waals surface area contributed by atoms with Crippen LogP contribution in [0.2, 0.25) is 0 Å². The normalized spacial score (nSPS) is 12.0. The quantitative estimate of drug-likeness (QED) is 0.622. The zero-order valence-electron chi connectivity index (χ0n) is 9.39. The van der Waals surface area contributed by atoms with Gasteiger partial charge >= 0.3 is 0 Å². The number of methoxy groups -OCH3 is 2. The van der Waals surface area contributed by atoms with Crippen molar-refractivity contribution in [1.29, 1.82) is 0 Å². The molecule has 0 unspecified atom stereocenters. The molecule has 1 atom stereocenters. The van der Waals surface area contributed by atoms with Crippen LogP contribution in [0.4, 0.5) is 5.69 Å². The Kier molecular flexibility index (Phi) is 3.68. The minimum absolute atomic E-state index is 0.0624. The molecule has 0 spiro atoms. The summed E-state index contributed by atoms with van der Waals surface area (Å²) in [5.41, 5.74) is 6.02. The summed E-state index contributed by atoms with van der Waals surface area (Å²) in [6.45, 7) is 1.67. The molecule has 0 fully saturated rings. The molecule has 0 heterocycles. The van der Waals surface area contributed by atoms with E-state index in [2.05, 4.69) is 0 Å². The molecule has 1 aromatic rings. The van der Waals surface area contributed by atoms with Gasteiger partial charge in [-0.15, -0.1) is 0 Å². The zero-order valence-corrected chi connectivity index (χ0v) is 9.39. The zero-order chi connectivity index (χ0) is 12.3. The number of hydrogen-bond donors (Lipinski definition) is 1. The summed E-state index contributed by atoms with van der Waals surface area (Å²) in [5.74, 6) is 0.749. The fourth-order valence-corrected chi connectivity index (χ4v) is 1.41. The molecule has 0 saturated carbocycles. The molecule has 0 aliphatic carbocycles. The maximum Gasteiger partial charge on any atom is 0.278 e. The molecule has 2 N–H and O–H groups in total. The van der Waals surface area contributed by atoms with Crippen molar-refractivity contribution < 1.29 is 14.4 Å². The fraction of sp³-hybridized carbons (Fsp3) is 0.400. The summed E-state index contributed by atoms with van der Waals surface area (Å²) < 4.78 is 10.1. The Morgan fingerprint density at radius 3 is 2.19 bits per heavy atom. The number of nitrogens with zero attached hydrogens (tertiary/aromatic N) is 1. The number of nitro benzene ring substituents is 1. The van der Waals surface area contributed by atoms with Crippen LogP contribution in [0, 0.1) is 10.1 Å². The van der Waals surface area contributed by atoms with Gasteiger partial charge < -0.3 is 15.2 Å². The van der Waals surface area contributed by atoms with Gasteiger partial charge in [0.05, 0.1) is 30.8 Å². The van der Waals surface area contributed by atoms with E-state index in [9.17, 15) is 10.1 Å². The highest BCUT2D eigenvalue weighted by molar-refractivity contribution is 5.55. The molecule has 0 aliphatic rings. The molecule has 1 rings (SSSR count). The van der Waals surface area contributed by atoms with E-state index in [1.807, 2.05) is 0 Å². The summed E-state index contributed by atoms with van der Waals surface area (Å²) in [7, 11) is 2.89. The second kappa shape index (κ2) is 4.80. The first-order chi connectivity index (χ1) is 7.51. The van der Waals surface area contributed by atoms with E-state index < -0.39 is 11.0 Å². The minimum atomic E-state index is -0.485. The van der Waals surface area contributed by atoms with Crippen molar-refractivity contribution in [3.63, 3.8) is 0 Å². The Hall–Kier alpha value is -1.82. The molecule has 0 saturated heterocycles. The van der Waals surface area contributed by atoms with E-state index in [1.165, 1.54) is 26.4 Å². The van der Waals surface area contributed by atoms with Crippen LogP contribution in [0.5, 0.6) is 11.5 Å². The lowest BCUT2D eigenvalue weighted by molar-refractivity contribution is -0.385. The van der Waals surface area contributed by atoms with Crippen LogP contribution >= 0.6 is 0 Å². The van der Waals surface area contributed by atoms with Crippen LogP contribution in [0.25, 0.3) is 0 Å². The number of rotatable bonds is 4. The lowest BCUT2D eigenvalue weighted by Crippen LogP contribution is -2.09. The SMILES string of the molecule is COc1cc([C@@H](C)N)c([N+](=O)[O-])cc1OC. The van der Waals surface area contributed by atoms with Crippen LogP contribution in [0.15, 0.2) is 12.1 Å². The van der Waals surface area contributed by atoms with Gasteiger partial charge in [0.25, 0.3) is 5.69 Å². The van der Waals surface area contributed by atoms with Gasteiger partial charge in [0, 0.05) is 6.04 Å². The summed E-state index contributed by atoms with van der Waals surface area (Å²) >= 11 is 0. The average Bonchev–Trinajstić information content (AvgIpc) is 2.26. The van der Waals surface area contributed by atoms with Crippen molar-refractivity contribution in [1.82, 2.24) is 0 Å². The number of nitro groups is 1. The number of hydrogen-bond acceptors (Lipinski definition) is 5. The van der Waals surface area contributed by atoms with Crippen molar-refractivity contribution in [3.8, 4) is 11.5 Å². The second-order valence-corrected chi connectivity index (χ2v) is 3.31. The molecule has 0 bridgehead atoms. The van der Waals surface area contributed by atoms with E-state index in [0.29, 0.717) is 17.1 Å². The van der Waals surface area contributed by atoms with E-state index in [4.69, 9.17) is 15.2 Å². The standard InChI is InChI=1S/C10H14N2O4/c1-6(11)7-4-9(15-2)10(16-3)5-8(7)12(13)14/h4-6H,11H2,1-3H3/t6-/m1/s1. The molecule has 0 radical (unpaired) electrons. The highest BCUT2D eigenvalue weighted by atomic mass is 16.6. The maximum absolute atomic E-state index is 10.8. The lowest BCUT2D eigenvalue weighted by atomic mass is 10.1. The Labute approximate surface area is 93.1 Å². The van der Waals surface area contributed by atoms with Crippen LogP contribution < -0.4 is 15.2 Å². The number of ether oxygens (including phenoxy) is 2. The van der Waals surface area contributed by atoms with Gasteiger partial charge in [-0.3, -0.25) is 10.1 Å². The summed E-state index contributed by atoms with van der Waals surface area (Å²) in [6.07, 6.45) is 0. The first-order valence-corrected chi connectivity index (χ1v) is 4.67. The molecule has 6 nitrogen and oxygen atoms in total. The molecule has 0 amide bonds. The smallest absolute Gasteiger partial charge is 0.278 e. The number of benzene rings is 1. The molecule has 0 aliphatic heterocycles. The van der Waals surface area contributed by atoms with Gasteiger partial charge in [0.1, 0.15) is 0 Å². The Balaban J connectivity index is 3.41. The van der Waals surface area contributed by atoms with Crippen molar-refractivity contribution in [2.75, 3.05) is 14.2 Å². The lowest BCUT2D eigenvalue weighted by Gasteiger charge is -2.12. The van der Waals surface area contributed by atoms with E-state index in [-0.39, 0.29) is 5.69 Å². The van der Waals surface area contributed by atoms with Gasteiger partial charge in [-0.2, -0.15) is 0 Å². The largest absolute Gasteiger partial charge is 0.493 e. The Bertz CT molecular complexity index is 404. The Morgan fingerprint density at radius 2 is 1.81 bits per heavy atom. The molecule has 6 heteroatoms. The number of nitrogens with two attached hydrogens (primary N) is 1. The van der Waals surface area contributed by atoms with Gasteiger partial charge in [-0.25, -0.2) is 0 Å².